The topological polar surface area (TPSA) is 18.5 Å². The minimum atomic E-state index is -5.62. The molecule has 220 valence electrons. The van der Waals surface area contributed by atoms with E-state index >= 15 is 0 Å². The van der Waals surface area contributed by atoms with Crippen LogP contribution in [0.4, 0.5) is 52.7 Å². The summed E-state index contributed by atoms with van der Waals surface area (Å²) < 4.78 is 172. The van der Waals surface area contributed by atoms with Gasteiger partial charge in [-0.3, -0.25) is 0 Å². The van der Waals surface area contributed by atoms with Crippen molar-refractivity contribution in [2.75, 3.05) is 0 Å². The van der Waals surface area contributed by atoms with E-state index in [1.54, 1.807) is 0 Å². The van der Waals surface area contributed by atoms with Gasteiger partial charge in [0.25, 0.3) is 0 Å². The van der Waals surface area contributed by atoms with Crippen LogP contribution in [0.25, 0.3) is 0 Å². The van der Waals surface area contributed by atoms with Gasteiger partial charge in [-0.25, -0.2) is 0 Å². The summed E-state index contributed by atoms with van der Waals surface area (Å²) in [5.74, 6) is -1.90. The molecule has 0 unspecified atom stereocenters. The van der Waals surface area contributed by atoms with Gasteiger partial charge in [-0.15, -0.1) is 0 Å². The van der Waals surface area contributed by atoms with Gasteiger partial charge >= 0.3 is 230 Å². The molecule has 2 aliphatic carbocycles. The third kappa shape index (κ3) is 6.93. The molecule has 0 heterocycles. The van der Waals surface area contributed by atoms with Crippen molar-refractivity contribution in [1.29, 1.82) is 0 Å². The number of benzene rings is 2. The number of hydrogen-bond donors (Lipinski definition) is 0. The standard InChI is InChI=1S/2C8H4F6O.2C5H5.Zr/c2*9-7(10,11)4-1-5(8(12,13)14)3-6(15)2-4;2*1-2-4-5-3-1;/h2*1-3,15H;2*1-5H;/q;;;;+2/p-2. The number of halogens is 12. The Morgan fingerprint density at radius 1 is 0.415 bits per heavy atom. The van der Waals surface area contributed by atoms with E-state index in [2.05, 4.69) is 0 Å². The summed E-state index contributed by atoms with van der Waals surface area (Å²) in [4.78, 5) is 0. The van der Waals surface area contributed by atoms with Crippen molar-refractivity contribution < 1.29 is 79.5 Å². The van der Waals surface area contributed by atoms with Gasteiger partial charge in [-0.2, -0.15) is 0 Å². The molecule has 4 rings (SSSR count). The molecule has 0 atom stereocenters. The monoisotopic (exact) mass is 678 g/mol. The molecule has 41 heavy (non-hydrogen) atoms. The zero-order chi connectivity index (χ0) is 30.4. The zero-order valence-electron chi connectivity index (χ0n) is 20.1. The molecular weight excluding hydrogens is 663 g/mol. The first-order valence-corrected chi connectivity index (χ1v) is 16.3. The summed E-state index contributed by atoms with van der Waals surface area (Å²) in [7, 11) is 0. The van der Waals surface area contributed by atoms with Crippen molar-refractivity contribution >= 4 is 0 Å². The molecule has 2 aromatic carbocycles. The normalized spacial score (nSPS) is 16.7. The average Bonchev–Trinajstić information content (AvgIpc) is 3.56. The van der Waals surface area contributed by atoms with Crippen LogP contribution in [0, 0.1) is 0 Å². The third-order valence-electron chi connectivity index (χ3n) is 6.10. The van der Waals surface area contributed by atoms with Gasteiger partial charge in [0.15, 0.2) is 0 Å². The molecule has 2 nitrogen and oxygen atoms in total. The molecular formula is C26H16F12O2Zr. The van der Waals surface area contributed by atoms with E-state index in [-0.39, 0.29) is 36.4 Å². The van der Waals surface area contributed by atoms with E-state index in [1.165, 1.54) is 48.6 Å². The van der Waals surface area contributed by atoms with E-state index in [1.807, 2.05) is 0 Å². The van der Waals surface area contributed by atoms with Crippen LogP contribution in [0.1, 0.15) is 22.3 Å². The van der Waals surface area contributed by atoms with Gasteiger partial charge in [-0.1, -0.05) is 0 Å². The fraction of sp³-hybridized carbons (Fsp3) is 0.231. The molecule has 2 aliphatic rings. The molecule has 0 aromatic heterocycles. The molecule has 15 heteroatoms. The Morgan fingerprint density at radius 2 is 0.659 bits per heavy atom. The third-order valence-corrected chi connectivity index (χ3v) is 15.3. The van der Waals surface area contributed by atoms with Crippen molar-refractivity contribution in [1.82, 2.24) is 0 Å². The molecule has 0 aliphatic heterocycles. The summed E-state index contributed by atoms with van der Waals surface area (Å²) in [5.41, 5.74) is -6.90. The van der Waals surface area contributed by atoms with E-state index in [9.17, 15) is 52.7 Å². The molecule has 0 bridgehead atoms. The maximum absolute atomic E-state index is 13.5. The first-order chi connectivity index (χ1) is 18.8. The van der Waals surface area contributed by atoms with Gasteiger partial charge < -0.3 is 0 Å². The van der Waals surface area contributed by atoms with Crippen LogP contribution in [0.15, 0.2) is 85.0 Å². The Labute approximate surface area is 229 Å². The van der Waals surface area contributed by atoms with Crippen LogP contribution in [0.2, 0.25) is 7.25 Å². The quantitative estimate of drug-likeness (QED) is 0.283. The molecule has 0 N–H and O–H groups in total. The first kappa shape index (κ1) is 31.0. The second-order valence-electron chi connectivity index (χ2n) is 9.00. The summed E-state index contributed by atoms with van der Waals surface area (Å²) in [6, 6.07) is 0.839. The van der Waals surface area contributed by atoms with Crippen molar-refractivity contribution in [2.45, 2.75) is 32.0 Å². The van der Waals surface area contributed by atoms with Gasteiger partial charge in [0.2, 0.25) is 0 Å². The fourth-order valence-electron chi connectivity index (χ4n) is 4.25. The Balaban J connectivity index is 1.94. The van der Waals surface area contributed by atoms with E-state index in [4.69, 9.17) is 5.63 Å². The van der Waals surface area contributed by atoms with Crippen LogP contribution in [0.5, 0.6) is 11.5 Å². The number of alkyl halides is 12. The van der Waals surface area contributed by atoms with E-state index < -0.39 is 86.9 Å². The summed E-state index contributed by atoms with van der Waals surface area (Å²) >= 11 is -5.62. The number of allylic oxidation sites excluding steroid dienone is 8. The minimum absolute atomic E-state index is 0.141. The SMILES string of the molecule is FC(F)(F)c1cc([O][Zr]([O]c2cc(C(F)(F)F)cc(C(F)(F)F)c2)([CH]2C=CC=C2)[CH]2C=CC=C2)cc(C(F)(F)F)c1. The Morgan fingerprint density at radius 3 is 0.878 bits per heavy atom. The summed E-state index contributed by atoms with van der Waals surface area (Å²) in [5, 5.41) is 0. The first-order valence-electron chi connectivity index (χ1n) is 11.5. The average molecular weight is 680 g/mol. The Hall–Kier alpha value is -2.96. The van der Waals surface area contributed by atoms with Gasteiger partial charge in [0.05, 0.1) is 0 Å². The molecule has 0 fully saturated rings. The van der Waals surface area contributed by atoms with Gasteiger partial charge in [0.1, 0.15) is 0 Å². The van der Waals surface area contributed by atoms with Crippen LogP contribution < -0.4 is 5.63 Å². The Kier molecular flexibility index (Phi) is 8.09. The van der Waals surface area contributed by atoms with Gasteiger partial charge in [0, 0.05) is 0 Å². The van der Waals surface area contributed by atoms with Gasteiger partial charge in [-0.05, 0) is 0 Å². The van der Waals surface area contributed by atoms with Crippen LogP contribution in [-0.2, 0) is 45.9 Å². The molecule has 2 aromatic rings. The van der Waals surface area contributed by atoms with E-state index in [0.717, 1.165) is 0 Å². The molecule has 0 amide bonds. The predicted molar refractivity (Wildman–Crippen MR) is 118 cm³/mol. The van der Waals surface area contributed by atoms with Crippen molar-refractivity contribution in [3.05, 3.63) is 107 Å². The number of rotatable bonds is 6. The zero-order valence-corrected chi connectivity index (χ0v) is 22.5. The molecule has 0 saturated carbocycles. The molecule has 0 spiro atoms. The predicted octanol–water partition coefficient (Wildman–Crippen LogP) is 10.0. The molecule has 0 radical (unpaired) electrons. The van der Waals surface area contributed by atoms with E-state index in [0.29, 0.717) is 0 Å². The second-order valence-corrected chi connectivity index (χ2v) is 16.8. The van der Waals surface area contributed by atoms with Crippen molar-refractivity contribution in [3.63, 3.8) is 0 Å². The molecule has 0 saturated heterocycles. The van der Waals surface area contributed by atoms with Crippen LogP contribution in [-0.4, -0.2) is 0 Å². The van der Waals surface area contributed by atoms with Crippen LogP contribution >= 0.6 is 0 Å². The maximum atomic E-state index is 13.5. The Bertz CT molecular complexity index is 1220. The second kappa shape index (κ2) is 10.7. The fourth-order valence-corrected chi connectivity index (χ4v) is 12.9. The summed E-state index contributed by atoms with van der Waals surface area (Å²) in [6.45, 7) is 0. The van der Waals surface area contributed by atoms with Crippen LogP contribution in [0.3, 0.4) is 0 Å². The van der Waals surface area contributed by atoms with Crippen molar-refractivity contribution in [3.8, 4) is 11.5 Å². The van der Waals surface area contributed by atoms with Crippen molar-refractivity contribution in [2.24, 2.45) is 0 Å². The number of hydrogen-bond acceptors (Lipinski definition) is 2. The summed E-state index contributed by atoms with van der Waals surface area (Å²) in [6.07, 6.45) is -9.61.